The lowest BCUT2D eigenvalue weighted by molar-refractivity contribution is -0.125. The molecule has 27 heavy (non-hydrogen) atoms. The maximum absolute atomic E-state index is 12.3. The minimum absolute atomic E-state index is 0.0781. The average Bonchev–Trinajstić information content (AvgIpc) is 2.98. The van der Waals surface area contributed by atoms with Gasteiger partial charge in [-0.3, -0.25) is 28.9 Å². The third kappa shape index (κ3) is 4.17. The van der Waals surface area contributed by atoms with Gasteiger partial charge in [-0.15, -0.1) is 0 Å². The number of hydrogen-bond acceptors (Lipinski definition) is 6. The third-order valence-electron chi connectivity index (χ3n) is 3.94. The number of pyridine rings is 1. The number of benzene rings is 1. The number of nitrogens with one attached hydrogen (secondary N) is 3. The molecule has 2 aromatic rings. The van der Waals surface area contributed by atoms with E-state index in [2.05, 4.69) is 15.6 Å². The van der Waals surface area contributed by atoms with E-state index in [1.165, 1.54) is 6.20 Å². The molecule has 0 radical (unpaired) electrons. The molecule has 1 aromatic heterocycles. The lowest BCUT2D eigenvalue weighted by atomic mass is 10.1. The Labute approximate surface area is 157 Å². The van der Waals surface area contributed by atoms with Crippen LogP contribution in [0.15, 0.2) is 35.3 Å². The highest BCUT2D eigenvalue weighted by molar-refractivity contribution is 8.14. The highest BCUT2D eigenvalue weighted by Gasteiger charge is 2.29. The van der Waals surface area contributed by atoms with E-state index in [0.717, 1.165) is 16.7 Å². The van der Waals surface area contributed by atoms with Gasteiger partial charge in [-0.1, -0.05) is 23.9 Å². The van der Waals surface area contributed by atoms with Gasteiger partial charge in [0.15, 0.2) is 0 Å². The van der Waals surface area contributed by atoms with Crippen LogP contribution < -0.4 is 16.1 Å². The van der Waals surface area contributed by atoms with Gasteiger partial charge in [-0.2, -0.15) is 0 Å². The Bertz CT molecular complexity index is 971. The van der Waals surface area contributed by atoms with Crippen molar-refractivity contribution in [1.82, 2.24) is 20.5 Å². The van der Waals surface area contributed by atoms with E-state index in [4.69, 9.17) is 0 Å². The fraction of sp³-hybridized carbons (Fsp3) is 0.235. The first-order chi connectivity index (χ1) is 13.0. The summed E-state index contributed by atoms with van der Waals surface area (Å²) in [7, 11) is 0. The Kier molecular flexibility index (Phi) is 5.55. The molecule has 1 aromatic carbocycles. The van der Waals surface area contributed by atoms with Gasteiger partial charge in [0.1, 0.15) is 5.56 Å². The summed E-state index contributed by atoms with van der Waals surface area (Å²) in [5.74, 6) is -1.34. The predicted molar refractivity (Wildman–Crippen MR) is 99.5 cm³/mol. The fourth-order valence-corrected chi connectivity index (χ4v) is 3.31. The summed E-state index contributed by atoms with van der Waals surface area (Å²) < 4.78 is 0. The molecule has 10 heteroatoms. The zero-order valence-electron chi connectivity index (χ0n) is 14.1. The second kappa shape index (κ2) is 8.04. The zero-order chi connectivity index (χ0) is 19.4. The number of aromatic nitrogens is 1. The van der Waals surface area contributed by atoms with Crippen molar-refractivity contribution in [3.05, 3.63) is 46.2 Å². The number of carbonyl (C=O) groups is 4. The number of para-hydroxylation sites is 1. The lowest BCUT2D eigenvalue weighted by Gasteiger charge is -2.13. The maximum atomic E-state index is 12.3. The van der Waals surface area contributed by atoms with Crippen molar-refractivity contribution >= 4 is 45.6 Å². The van der Waals surface area contributed by atoms with Crippen LogP contribution in [0, 0.1) is 0 Å². The fourth-order valence-electron chi connectivity index (χ4n) is 2.56. The predicted octanol–water partition coefficient (Wildman–Crippen LogP) is 0.0695. The molecule has 0 spiro atoms. The molecule has 0 aliphatic carbocycles. The van der Waals surface area contributed by atoms with E-state index in [0.29, 0.717) is 10.9 Å². The number of aromatic amines is 1. The van der Waals surface area contributed by atoms with Gasteiger partial charge >= 0.3 is 0 Å². The van der Waals surface area contributed by atoms with Crippen LogP contribution in [-0.2, 0) is 9.59 Å². The van der Waals surface area contributed by atoms with Crippen molar-refractivity contribution in [1.29, 1.82) is 0 Å². The van der Waals surface area contributed by atoms with Crippen molar-refractivity contribution in [3.8, 4) is 0 Å². The van der Waals surface area contributed by atoms with Crippen molar-refractivity contribution < 1.29 is 19.2 Å². The molecule has 0 bridgehead atoms. The van der Waals surface area contributed by atoms with Crippen LogP contribution in [-0.4, -0.2) is 58.2 Å². The number of nitrogens with zero attached hydrogens (tertiary/aromatic N) is 1. The van der Waals surface area contributed by atoms with Crippen LogP contribution in [0.4, 0.5) is 4.79 Å². The molecule has 1 aliphatic rings. The molecule has 3 N–H and O–H groups in total. The second-order valence-corrected chi connectivity index (χ2v) is 6.64. The minimum Gasteiger partial charge on any atom is -0.360 e. The first-order valence-corrected chi connectivity index (χ1v) is 9.08. The van der Waals surface area contributed by atoms with Gasteiger partial charge in [0.05, 0.1) is 12.3 Å². The number of hydrogen-bond donors (Lipinski definition) is 3. The zero-order valence-corrected chi connectivity index (χ0v) is 14.9. The second-order valence-electron chi connectivity index (χ2n) is 5.71. The van der Waals surface area contributed by atoms with Gasteiger partial charge in [-0.25, -0.2) is 0 Å². The van der Waals surface area contributed by atoms with Crippen LogP contribution in [0.25, 0.3) is 10.9 Å². The van der Waals surface area contributed by atoms with Crippen molar-refractivity contribution in [2.45, 2.75) is 0 Å². The van der Waals surface area contributed by atoms with Crippen LogP contribution >= 0.6 is 11.8 Å². The van der Waals surface area contributed by atoms with E-state index in [1.54, 1.807) is 24.3 Å². The molecular weight excluding hydrogens is 372 g/mol. The summed E-state index contributed by atoms with van der Waals surface area (Å²) in [4.78, 5) is 63.1. The number of fused-ring (bicyclic) bond motifs is 1. The molecule has 0 atom stereocenters. The first-order valence-electron chi connectivity index (χ1n) is 8.10. The third-order valence-corrected chi connectivity index (χ3v) is 4.80. The standard InChI is InChI=1S/C17H16N4O5S/c22-13(18-5-6-21-14(23)9-27-17(21)26)8-20-16(25)11-7-19-12-4-2-1-3-10(12)15(11)24/h1-4,7H,5-6,8-9H2,(H,18,22)(H,19,24)(H,20,25). The van der Waals surface area contributed by atoms with Crippen LogP contribution in [0.2, 0.25) is 0 Å². The topological polar surface area (TPSA) is 128 Å². The molecule has 140 valence electrons. The maximum Gasteiger partial charge on any atom is 0.288 e. The molecule has 2 heterocycles. The first kappa shape index (κ1) is 18.6. The Morgan fingerprint density at radius 1 is 1.15 bits per heavy atom. The quantitative estimate of drug-likeness (QED) is 0.642. The van der Waals surface area contributed by atoms with E-state index >= 15 is 0 Å². The SMILES string of the molecule is O=C(CNC(=O)c1c[nH]c2ccccc2c1=O)NCCN1C(=O)CSC1=O. The van der Waals surface area contributed by atoms with E-state index < -0.39 is 17.2 Å². The summed E-state index contributed by atoms with van der Waals surface area (Å²) >= 11 is 0.921. The lowest BCUT2D eigenvalue weighted by Crippen LogP contribution is -2.42. The van der Waals surface area contributed by atoms with Crippen LogP contribution in [0.1, 0.15) is 10.4 Å². The molecule has 3 rings (SSSR count). The Morgan fingerprint density at radius 2 is 1.93 bits per heavy atom. The number of rotatable bonds is 6. The Hall–Kier alpha value is -3.14. The smallest absolute Gasteiger partial charge is 0.288 e. The van der Waals surface area contributed by atoms with Gasteiger partial charge in [0.2, 0.25) is 17.2 Å². The number of imide groups is 1. The summed E-state index contributed by atoms with van der Waals surface area (Å²) in [6.07, 6.45) is 1.31. The monoisotopic (exact) mass is 388 g/mol. The van der Waals surface area contributed by atoms with Gasteiger partial charge in [0.25, 0.3) is 11.1 Å². The Morgan fingerprint density at radius 3 is 2.67 bits per heavy atom. The van der Waals surface area contributed by atoms with Crippen LogP contribution in [0.3, 0.4) is 0 Å². The van der Waals surface area contributed by atoms with Gasteiger partial charge in [0, 0.05) is 30.2 Å². The van der Waals surface area contributed by atoms with E-state index in [-0.39, 0.29) is 42.1 Å². The highest BCUT2D eigenvalue weighted by Crippen LogP contribution is 2.17. The highest BCUT2D eigenvalue weighted by atomic mass is 32.2. The largest absolute Gasteiger partial charge is 0.360 e. The molecule has 9 nitrogen and oxygen atoms in total. The number of thioether (sulfide) groups is 1. The van der Waals surface area contributed by atoms with Crippen molar-refractivity contribution in [2.75, 3.05) is 25.4 Å². The van der Waals surface area contributed by atoms with E-state index in [1.807, 2.05) is 0 Å². The molecule has 1 fully saturated rings. The van der Waals surface area contributed by atoms with Gasteiger partial charge < -0.3 is 15.6 Å². The minimum atomic E-state index is -0.668. The number of H-pyrrole nitrogens is 1. The summed E-state index contributed by atoms with van der Waals surface area (Å²) in [5, 5.41) is 4.93. The molecule has 4 amide bonds. The number of carbonyl (C=O) groups excluding carboxylic acids is 4. The molecule has 1 saturated heterocycles. The normalized spacial score (nSPS) is 13.9. The van der Waals surface area contributed by atoms with Crippen LogP contribution in [0.5, 0.6) is 0 Å². The summed E-state index contributed by atoms with van der Waals surface area (Å²) in [6, 6.07) is 6.79. The van der Waals surface area contributed by atoms with Gasteiger partial charge in [-0.05, 0) is 12.1 Å². The molecule has 0 saturated carbocycles. The van der Waals surface area contributed by atoms with E-state index in [9.17, 15) is 24.0 Å². The average molecular weight is 388 g/mol. The summed E-state index contributed by atoms with van der Waals surface area (Å²) in [6.45, 7) is -0.167. The van der Waals surface area contributed by atoms with Crippen molar-refractivity contribution in [3.63, 3.8) is 0 Å². The number of amides is 4. The molecule has 0 unspecified atom stereocenters. The van der Waals surface area contributed by atoms with Crippen molar-refractivity contribution in [2.24, 2.45) is 0 Å². The molecule has 1 aliphatic heterocycles. The Balaban J connectivity index is 1.51. The summed E-state index contributed by atoms with van der Waals surface area (Å²) in [5.41, 5.74) is 0.0959. The molecular formula is C17H16N4O5S.